The molecule has 1 aliphatic heterocycles. The monoisotopic (exact) mass is 519 g/mol. The standard InChI is InChI=1S/C30H37N3O3S/c1-20-5-3-6-21(2)29(20)27-15-28(32-19-31-27)36-25-13-23(22-7-4-8-26(14-22)37(34)35)9-12-33(18-25)24-16-30(17-24)10-11-30/h4-5,7-8,14-15,19,23-25,37H,3,6,9-13,16-18H2,1-2H3/t23?,25-/m0/s1. The van der Waals surface area contributed by atoms with Gasteiger partial charge < -0.3 is 4.74 Å². The van der Waals surface area contributed by atoms with Crippen molar-refractivity contribution in [3.63, 3.8) is 0 Å². The number of allylic oxidation sites excluding steroid dienone is 4. The average molecular weight is 520 g/mol. The van der Waals surface area contributed by atoms with Crippen LogP contribution >= 0.6 is 0 Å². The summed E-state index contributed by atoms with van der Waals surface area (Å²) in [6.45, 7) is 6.25. The average Bonchev–Trinajstić information content (AvgIpc) is 3.68. The summed E-state index contributed by atoms with van der Waals surface area (Å²) in [6.07, 6.45) is 13.3. The summed E-state index contributed by atoms with van der Waals surface area (Å²) in [5, 5.41) is 0. The molecule has 0 radical (unpaired) electrons. The van der Waals surface area contributed by atoms with Gasteiger partial charge in [0.2, 0.25) is 5.88 Å². The lowest BCUT2D eigenvalue weighted by Gasteiger charge is -2.44. The van der Waals surface area contributed by atoms with Crippen molar-refractivity contribution in [2.45, 2.75) is 88.2 Å². The van der Waals surface area contributed by atoms with Crippen LogP contribution in [0.2, 0.25) is 0 Å². The van der Waals surface area contributed by atoms with Crippen LogP contribution in [0, 0.1) is 5.41 Å². The van der Waals surface area contributed by atoms with Crippen molar-refractivity contribution in [1.82, 2.24) is 14.9 Å². The first-order chi connectivity index (χ1) is 17.9. The van der Waals surface area contributed by atoms with E-state index in [-0.39, 0.29) is 12.0 Å². The Kier molecular flexibility index (Phi) is 6.70. The number of hydrogen-bond acceptors (Lipinski definition) is 6. The maximum Gasteiger partial charge on any atom is 0.217 e. The minimum Gasteiger partial charge on any atom is -0.473 e. The first-order valence-electron chi connectivity index (χ1n) is 13.7. The van der Waals surface area contributed by atoms with Crippen molar-refractivity contribution < 1.29 is 13.2 Å². The van der Waals surface area contributed by atoms with E-state index in [0.29, 0.717) is 22.2 Å². The second-order valence-electron chi connectivity index (χ2n) is 11.7. The molecule has 2 aromatic rings. The summed E-state index contributed by atoms with van der Waals surface area (Å²) in [4.78, 5) is 12.1. The van der Waals surface area contributed by atoms with Crippen molar-refractivity contribution in [2.24, 2.45) is 5.41 Å². The summed E-state index contributed by atoms with van der Waals surface area (Å²) in [6, 6.07) is 10.1. The van der Waals surface area contributed by atoms with Crippen molar-refractivity contribution in [1.29, 1.82) is 0 Å². The molecule has 0 amide bonds. The van der Waals surface area contributed by atoms with Crippen LogP contribution in [0.5, 0.6) is 5.88 Å². The van der Waals surface area contributed by atoms with Gasteiger partial charge in [-0.2, -0.15) is 0 Å². The molecule has 2 heterocycles. The molecule has 1 saturated heterocycles. The number of ether oxygens (including phenoxy) is 1. The molecule has 6 nitrogen and oxygen atoms in total. The lowest BCUT2D eigenvalue weighted by molar-refractivity contribution is 0.0384. The fourth-order valence-electron chi connectivity index (χ4n) is 6.78. The molecule has 1 aromatic carbocycles. The molecular formula is C30H37N3O3S. The Morgan fingerprint density at radius 3 is 2.70 bits per heavy atom. The van der Waals surface area contributed by atoms with Gasteiger partial charge in [-0.05, 0) is 106 Å². The van der Waals surface area contributed by atoms with Crippen molar-refractivity contribution in [3.05, 3.63) is 65.1 Å². The van der Waals surface area contributed by atoms with Gasteiger partial charge in [0.15, 0.2) is 10.7 Å². The first kappa shape index (κ1) is 24.8. The summed E-state index contributed by atoms with van der Waals surface area (Å²) in [5.74, 6) is 0.868. The van der Waals surface area contributed by atoms with Crippen molar-refractivity contribution >= 4 is 16.3 Å². The SMILES string of the molecule is CC1=CCCC(C)=C1c1cc(O[C@H]2CC(c3cccc([SH](=O)=O)c3)CCN(C3CC4(CC4)C3)C2)ncn1. The molecule has 4 aliphatic rings. The second-order valence-corrected chi connectivity index (χ2v) is 12.7. The molecule has 1 spiro atoms. The van der Waals surface area contributed by atoms with Gasteiger partial charge >= 0.3 is 0 Å². The highest BCUT2D eigenvalue weighted by molar-refractivity contribution is 7.72. The number of benzene rings is 1. The highest BCUT2D eigenvalue weighted by Gasteiger charge is 2.54. The summed E-state index contributed by atoms with van der Waals surface area (Å²) >= 11 is 0. The number of thiol groups is 1. The van der Waals surface area contributed by atoms with Crippen LogP contribution in [0.4, 0.5) is 0 Å². The van der Waals surface area contributed by atoms with E-state index in [1.165, 1.54) is 42.4 Å². The minimum absolute atomic E-state index is 0.0197. The minimum atomic E-state index is -2.59. The molecule has 1 unspecified atom stereocenters. The number of nitrogens with zero attached hydrogens (tertiary/aromatic N) is 3. The third kappa shape index (κ3) is 5.26. The third-order valence-electron chi connectivity index (χ3n) is 9.09. The molecule has 2 saturated carbocycles. The Balaban J connectivity index is 1.25. The predicted molar refractivity (Wildman–Crippen MR) is 145 cm³/mol. The van der Waals surface area contributed by atoms with Crippen LogP contribution in [0.3, 0.4) is 0 Å². The molecule has 196 valence electrons. The van der Waals surface area contributed by atoms with E-state index in [1.807, 2.05) is 18.2 Å². The van der Waals surface area contributed by atoms with Gasteiger partial charge in [-0.15, -0.1) is 0 Å². The molecule has 3 aliphatic carbocycles. The maximum absolute atomic E-state index is 11.7. The van der Waals surface area contributed by atoms with Gasteiger partial charge in [-0.3, -0.25) is 4.90 Å². The number of rotatable bonds is 6. The van der Waals surface area contributed by atoms with Gasteiger partial charge in [0.05, 0.1) is 10.6 Å². The van der Waals surface area contributed by atoms with Crippen molar-refractivity contribution in [3.8, 4) is 5.88 Å². The maximum atomic E-state index is 11.7. The predicted octanol–water partition coefficient (Wildman–Crippen LogP) is 5.53. The Labute approximate surface area is 221 Å². The molecule has 0 bridgehead atoms. The highest BCUT2D eigenvalue weighted by Crippen LogP contribution is 2.62. The summed E-state index contributed by atoms with van der Waals surface area (Å²) < 4.78 is 29.9. The topological polar surface area (TPSA) is 72.4 Å². The lowest BCUT2D eigenvalue weighted by Crippen LogP contribution is -2.48. The van der Waals surface area contributed by atoms with Crippen LogP contribution < -0.4 is 4.74 Å². The molecule has 7 heteroatoms. The number of likely N-dealkylation sites (tertiary alicyclic amines) is 1. The zero-order valence-electron chi connectivity index (χ0n) is 21.9. The van der Waals surface area contributed by atoms with Gasteiger partial charge in [0.25, 0.3) is 0 Å². The van der Waals surface area contributed by atoms with E-state index in [9.17, 15) is 8.42 Å². The number of hydrogen-bond donors (Lipinski definition) is 1. The fraction of sp³-hybridized carbons (Fsp3) is 0.533. The Hall–Kier alpha value is -2.51. The smallest absolute Gasteiger partial charge is 0.217 e. The van der Waals surface area contributed by atoms with Gasteiger partial charge in [0, 0.05) is 24.2 Å². The van der Waals surface area contributed by atoms with E-state index < -0.39 is 10.7 Å². The normalized spacial score (nSPS) is 26.1. The Morgan fingerprint density at radius 1 is 1.11 bits per heavy atom. The lowest BCUT2D eigenvalue weighted by atomic mass is 9.76. The molecule has 0 N–H and O–H groups in total. The number of aromatic nitrogens is 2. The largest absolute Gasteiger partial charge is 0.473 e. The Morgan fingerprint density at radius 2 is 1.95 bits per heavy atom. The fourth-order valence-corrected chi connectivity index (χ4v) is 7.24. The zero-order valence-corrected chi connectivity index (χ0v) is 22.8. The molecule has 2 atom stereocenters. The molecule has 37 heavy (non-hydrogen) atoms. The van der Waals surface area contributed by atoms with Gasteiger partial charge in [-0.1, -0.05) is 23.8 Å². The molecule has 3 fully saturated rings. The van der Waals surface area contributed by atoms with E-state index in [1.54, 1.807) is 12.4 Å². The van der Waals surface area contributed by atoms with E-state index >= 15 is 0 Å². The van der Waals surface area contributed by atoms with Crippen LogP contribution in [-0.4, -0.2) is 48.5 Å². The van der Waals surface area contributed by atoms with E-state index in [2.05, 4.69) is 40.9 Å². The van der Waals surface area contributed by atoms with Crippen LogP contribution in [0.25, 0.3) is 5.57 Å². The van der Waals surface area contributed by atoms with Gasteiger partial charge in [-0.25, -0.2) is 18.4 Å². The summed E-state index contributed by atoms with van der Waals surface area (Å²) in [5.41, 5.74) is 6.52. The van der Waals surface area contributed by atoms with E-state index in [0.717, 1.165) is 50.0 Å². The molecule has 6 rings (SSSR count). The Bertz CT molecular complexity index is 1310. The highest BCUT2D eigenvalue weighted by atomic mass is 32.2. The second kappa shape index (κ2) is 9.99. The summed E-state index contributed by atoms with van der Waals surface area (Å²) in [7, 11) is -2.59. The van der Waals surface area contributed by atoms with Crippen LogP contribution in [0.15, 0.2) is 58.8 Å². The zero-order chi connectivity index (χ0) is 25.6. The van der Waals surface area contributed by atoms with Crippen LogP contribution in [0.1, 0.15) is 82.4 Å². The van der Waals surface area contributed by atoms with E-state index in [4.69, 9.17) is 4.74 Å². The molecular weight excluding hydrogens is 482 g/mol. The quantitative estimate of drug-likeness (QED) is 0.506. The third-order valence-corrected chi connectivity index (χ3v) is 9.79. The first-order valence-corrected chi connectivity index (χ1v) is 14.9. The van der Waals surface area contributed by atoms with Crippen LogP contribution in [-0.2, 0) is 10.7 Å². The van der Waals surface area contributed by atoms with Crippen molar-refractivity contribution in [2.75, 3.05) is 13.1 Å². The van der Waals surface area contributed by atoms with Gasteiger partial charge in [0.1, 0.15) is 12.4 Å². The molecule has 1 aromatic heterocycles.